The molecule has 0 aliphatic carbocycles. The van der Waals surface area contributed by atoms with Gasteiger partial charge in [0.15, 0.2) is 4.34 Å². The van der Waals surface area contributed by atoms with Gasteiger partial charge in [0, 0.05) is 5.69 Å². The summed E-state index contributed by atoms with van der Waals surface area (Å²) in [7, 11) is 0. The van der Waals surface area contributed by atoms with E-state index in [0.717, 1.165) is 11.1 Å². The van der Waals surface area contributed by atoms with Crippen molar-refractivity contribution in [2.45, 2.75) is 18.2 Å². The molecule has 1 heterocycles. The van der Waals surface area contributed by atoms with Gasteiger partial charge < -0.3 is 11.1 Å². The first-order valence-corrected chi connectivity index (χ1v) is 8.14. The highest BCUT2D eigenvalue weighted by atomic mass is 32.2. The van der Waals surface area contributed by atoms with Crippen molar-refractivity contribution in [3.05, 3.63) is 29.3 Å². The summed E-state index contributed by atoms with van der Waals surface area (Å²) >= 11 is 2.37. The summed E-state index contributed by atoms with van der Waals surface area (Å²) in [4.78, 5) is 23.4. The van der Waals surface area contributed by atoms with Gasteiger partial charge in [-0.3, -0.25) is 10.1 Å². The van der Waals surface area contributed by atoms with Crippen molar-refractivity contribution >= 4 is 45.9 Å². The number of hydrogen-bond acceptors (Lipinski definition) is 7. The Balaban J connectivity index is 1.80. The quantitative estimate of drug-likeness (QED) is 0.738. The Kier molecular flexibility index (Phi) is 5.34. The molecule has 9 heteroatoms. The van der Waals surface area contributed by atoms with Crippen LogP contribution in [0.1, 0.15) is 11.1 Å². The number of nitrogen functional groups attached to an aromatic ring is 1. The van der Waals surface area contributed by atoms with Crippen molar-refractivity contribution < 1.29 is 9.59 Å². The lowest BCUT2D eigenvalue weighted by Gasteiger charge is -2.08. The van der Waals surface area contributed by atoms with Crippen LogP contribution in [-0.2, 0) is 4.79 Å². The van der Waals surface area contributed by atoms with Crippen LogP contribution in [-0.4, -0.2) is 27.9 Å². The Morgan fingerprint density at radius 2 is 2.05 bits per heavy atom. The van der Waals surface area contributed by atoms with Crippen LogP contribution < -0.4 is 16.4 Å². The van der Waals surface area contributed by atoms with Crippen LogP contribution in [0, 0.1) is 13.8 Å². The van der Waals surface area contributed by atoms with E-state index < -0.39 is 11.9 Å². The molecule has 0 saturated heterocycles. The number of rotatable bonds is 4. The first-order valence-electron chi connectivity index (χ1n) is 6.34. The highest BCUT2D eigenvalue weighted by Gasteiger charge is 2.10. The molecule has 0 spiro atoms. The van der Waals surface area contributed by atoms with E-state index in [1.165, 1.54) is 23.1 Å². The molecule has 116 valence electrons. The highest BCUT2D eigenvalue weighted by molar-refractivity contribution is 8.01. The Labute approximate surface area is 135 Å². The molecule has 0 unspecified atom stereocenters. The van der Waals surface area contributed by atoms with Crippen LogP contribution in [0.25, 0.3) is 0 Å². The maximum absolute atomic E-state index is 11.7. The number of imide groups is 1. The average Bonchev–Trinajstić information content (AvgIpc) is 2.86. The zero-order chi connectivity index (χ0) is 16.1. The molecule has 0 aliphatic heterocycles. The summed E-state index contributed by atoms with van der Waals surface area (Å²) in [6.07, 6.45) is 0. The van der Waals surface area contributed by atoms with E-state index in [1.54, 1.807) is 6.07 Å². The van der Waals surface area contributed by atoms with Crippen LogP contribution in [0.2, 0.25) is 0 Å². The fourth-order valence-electron chi connectivity index (χ4n) is 1.55. The first kappa shape index (κ1) is 16.2. The van der Waals surface area contributed by atoms with E-state index in [2.05, 4.69) is 20.8 Å². The number of aryl methyl sites for hydroxylation is 2. The van der Waals surface area contributed by atoms with E-state index >= 15 is 0 Å². The fourth-order valence-corrected chi connectivity index (χ4v) is 2.99. The van der Waals surface area contributed by atoms with E-state index in [4.69, 9.17) is 5.73 Å². The zero-order valence-corrected chi connectivity index (χ0v) is 13.7. The number of nitrogens with zero attached hydrogens (tertiary/aromatic N) is 2. The lowest BCUT2D eigenvalue weighted by atomic mass is 10.1. The number of nitrogens with one attached hydrogen (secondary N) is 2. The number of amides is 3. The van der Waals surface area contributed by atoms with E-state index in [-0.39, 0.29) is 5.75 Å². The minimum Gasteiger partial charge on any atom is -0.374 e. The van der Waals surface area contributed by atoms with Crippen LogP contribution in [0.3, 0.4) is 0 Å². The molecular formula is C13H15N5O2S2. The first-order chi connectivity index (χ1) is 10.4. The van der Waals surface area contributed by atoms with E-state index in [1.807, 2.05) is 26.0 Å². The van der Waals surface area contributed by atoms with Gasteiger partial charge in [-0.2, -0.15) is 0 Å². The number of carbonyl (C=O) groups is 2. The molecule has 0 aliphatic rings. The second-order valence-corrected chi connectivity index (χ2v) is 6.73. The highest BCUT2D eigenvalue weighted by Crippen LogP contribution is 2.23. The van der Waals surface area contributed by atoms with Gasteiger partial charge in [0.25, 0.3) is 0 Å². The zero-order valence-electron chi connectivity index (χ0n) is 12.0. The molecule has 2 aromatic rings. The van der Waals surface area contributed by atoms with Gasteiger partial charge in [-0.15, -0.1) is 10.2 Å². The Morgan fingerprint density at radius 1 is 1.27 bits per heavy atom. The summed E-state index contributed by atoms with van der Waals surface area (Å²) in [6, 6.07) is 4.97. The molecule has 2 rings (SSSR count). The van der Waals surface area contributed by atoms with Gasteiger partial charge in [-0.1, -0.05) is 29.2 Å². The summed E-state index contributed by atoms with van der Waals surface area (Å²) < 4.78 is 0.585. The van der Waals surface area contributed by atoms with Gasteiger partial charge in [-0.25, -0.2) is 4.79 Å². The van der Waals surface area contributed by atoms with Gasteiger partial charge >= 0.3 is 6.03 Å². The molecule has 0 radical (unpaired) electrons. The predicted octanol–water partition coefficient (Wildman–Crippen LogP) is 2.18. The predicted molar refractivity (Wildman–Crippen MR) is 88.1 cm³/mol. The summed E-state index contributed by atoms with van der Waals surface area (Å²) in [5, 5.41) is 12.6. The number of aromatic nitrogens is 2. The van der Waals surface area contributed by atoms with E-state index in [9.17, 15) is 9.59 Å². The molecule has 4 N–H and O–H groups in total. The van der Waals surface area contributed by atoms with Crippen LogP contribution in [0.5, 0.6) is 0 Å². The van der Waals surface area contributed by atoms with Crippen LogP contribution >= 0.6 is 23.1 Å². The van der Waals surface area contributed by atoms with Gasteiger partial charge in [-0.05, 0) is 37.1 Å². The number of urea groups is 1. The van der Waals surface area contributed by atoms with Crippen molar-refractivity contribution in [3.8, 4) is 0 Å². The summed E-state index contributed by atoms with van der Waals surface area (Å²) in [5.41, 5.74) is 8.28. The van der Waals surface area contributed by atoms with Crippen molar-refractivity contribution in [1.82, 2.24) is 15.5 Å². The second kappa shape index (κ2) is 7.23. The third-order valence-corrected chi connectivity index (χ3v) is 4.65. The largest absolute Gasteiger partial charge is 0.374 e. The molecular weight excluding hydrogens is 322 g/mol. The Hall–Kier alpha value is -2.13. The third-order valence-electron chi connectivity index (χ3n) is 2.77. The van der Waals surface area contributed by atoms with Crippen molar-refractivity contribution in [2.24, 2.45) is 0 Å². The second-order valence-electron chi connectivity index (χ2n) is 4.50. The van der Waals surface area contributed by atoms with Crippen molar-refractivity contribution in [1.29, 1.82) is 0 Å². The smallest absolute Gasteiger partial charge is 0.325 e. The molecule has 0 fully saturated rings. The van der Waals surface area contributed by atoms with Gasteiger partial charge in [0.2, 0.25) is 11.0 Å². The monoisotopic (exact) mass is 337 g/mol. The molecule has 0 saturated carbocycles. The minimum absolute atomic E-state index is 0.0645. The Morgan fingerprint density at radius 3 is 2.68 bits per heavy atom. The molecule has 3 amide bonds. The lowest BCUT2D eigenvalue weighted by molar-refractivity contribution is -0.117. The minimum atomic E-state index is -0.564. The molecule has 0 atom stereocenters. The van der Waals surface area contributed by atoms with Crippen molar-refractivity contribution in [3.63, 3.8) is 0 Å². The summed E-state index contributed by atoms with van der Waals surface area (Å²) in [6.45, 7) is 3.94. The Bertz CT molecular complexity index is 701. The van der Waals surface area contributed by atoms with Gasteiger partial charge in [0.05, 0.1) is 5.75 Å². The number of hydrogen-bond donors (Lipinski definition) is 3. The number of thioether (sulfide) groups is 1. The SMILES string of the molecule is Cc1ccc(NC(=O)NC(=O)CSc2nnc(N)s2)cc1C. The van der Waals surface area contributed by atoms with E-state index in [0.29, 0.717) is 15.2 Å². The maximum Gasteiger partial charge on any atom is 0.325 e. The lowest BCUT2D eigenvalue weighted by Crippen LogP contribution is -2.35. The molecule has 7 nitrogen and oxygen atoms in total. The van der Waals surface area contributed by atoms with Crippen LogP contribution in [0.15, 0.2) is 22.5 Å². The fraction of sp³-hybridized carbons (Fsp3) is 0.231. The molecule has 0 bridgehead atoms. The normalized spacial score (nSPS) is 10.3. The number of carbonyl (C=O) groups excluding carboxylic acids is 2. The molecule has 1 aromatic heterocycles. The summed E-state index contributed by atoms with van der Waals surface area (Å²) in [5.74, 6) is -0.352. The topological polar surface area (TPSA) is 110 Å². The maximum atomic E-state index is 11.7. The number of nitrogens with two attached hydrogens (primary N) is 1. The molecule has 1 aromatic carbocycles. The number of benzene rings is 1. The number of anilines is 2. The van der Waals surface area contributed by atoms with Gasteiger partial charge in [0.1, 0.15) is 0 Å². The third kappa shape index (κ3) is 4.71. The van der Waals surface area contributed by atoms with Crippen LogP contribution in [0.4, 0.5) is 15.6 Å². The average molecular weight is 337 g/mol. The standard InChI is InChI=1S/C13H15N5O2S2/c1-7-3-4-9(5-8(7)2)15-12(20)16-10(19)6-21-13-18-17-11(14)22-13/h3-5H,6H2,1-2H3,(H2,14,17)(H2,15,16,19,20). The van der Waals surface area contributed by atoms with Crippen molar-refractivity contribution in [2.75, 3.05) is 16.8 Å². The molecule has 22 heavy (non-hydrogen) atoms.